The number of halogens is 1. The predicted octanol–water partition coefficient (Wildman–Crippen LogP) is 2.14. The van der Waals surface area contributed by atoms with Crippen LogP contribution in [0.3, 0.4) is 0 Å². The largest absolute Gasteiger partial charge is 0.379 e. The van der Waals surface area contributed by atoms with Crippen LogP contribution in [0.1, 0.15) is 31.5 Å². The Bertz CT molecular complexity index is 529. The Hall–Kier alpha value is -0.450. The maximum Gasteiger partial charge on any atom is 0.191 e. The van der Waals surface area contributed by atoms with Crippen LogP contribution < -0.4 is 10.6 Å². The van der Waals surface area contributed by atoms with E-state index in [4.69, 9.17) is 4.74 Å². The normalized spacial score (nSPS) is 16.4. The number of aromatic nitrogens is 1. The van der Waals surface area contributed by atoms with E-state index in [0.717, 1.165) is 63.9 Å². The minimum Gasteiger partial charge on any atom is -0.379 e. The van der Waals surface area contributed by atoms with Crippen molar-refractivity contribution in [3.63, 3.8) is 0 Å². The van der Waals surface area contributed by atoms with E-state index < -0.39 is 0 Å². The first kappa shape index (κ1) is 22.6. The lowest BCUT2D eigenvalue weighted by Crippen LogP contribution is -2.56. The molecule has 6 nitrogen and oxygen atoms in total. The lowest BCUT2D eigenvalue weighted by molar-refractivity contribution is -0.00833. The van der Waals surface area contributed by atoms with Gasteiger partial charge in [0.05, 0.1) is 23.9 Å². The molecular weight excluding hydrogens is 449 g/mol. The van der Waals surface area contributed by atoms with Gasteiger partial charge in [0, 0.05) is 50.6 Å². The van der Waals surface area contributed by atoms with Crippen molar-refractivity contribution in [3.05, 3.63) is 16.1 Å². The first-order chi connectivity index (χ1) is 11.5. The molecule has 25 heavy (non-hydrogen) atoms. The highest BCUT2D eigenvalue weighted by Gasteiger charge is 2.28. The molecule has 0 saturated carbocycles. The molecule has 1 aromatic heterocycles. The monoisotopic (exact) mass is 481 g/mol. The molecule has 1 aliphatic heterocycles. The number of morpholine rings is 1. The van der Waals surface area contributed by atoms with Crippen LogP contribution in [0.2, 0.25) is 0 Å². The van der Waals surface area contributed by atoms with Gasteiger partial charge in [0.2, 0.25) is 0 Å². The second kappa shape index (κ2) is 11.3. The summed E-state index contributed by atoms with van der Waals surface area (Å²) in [6.45, 7) is 12.0. The quantitative estimate of drug-likeness (QED) is 0.355. The van der Waals surface area contributed by atoms with E-state index in [1.807, 2.05) is 7.05 Å². The van der Waals surface area contributed by atoms with Crippen LogP contribution in [0, 0.1) is 0 Å². The van der Waals surface area contributed by atoms with Gasteiger partial charge in [0.1, 0.15) is 0 Å². The maximum atomic E-state index is 5.44. The van der Waals surface area contributed by atoms with E-state index in [1.54, 1.807) is 11.3 Å². The number of hydrogen-bond donors (Lipinski definition) is 2. The summed E-state index contributed by atoms with van der Waals surface area (Å²) in [5.74, 6) is 0.849. The topological polar surface area (TPSA) is 61.8 Å². The molecule has 0 spiro atoms. The molecule has 2 heterocycles. The zero-order valence-corrected chi connectivity index (χ0v) is 18.9. The number of guanidine groups is 1. The third kappa shape index (κ3) is 7.36. The van der Waals surface area contributed by atoms with Crippen molar-refractivity contribution in [2.75, 3.05) is 46.4 Å². The average molecular weight is 481 g/mol. The molecule has 0 radical (unpaired) electrons. The molecule has 0 unspecified atom stereocenters. The van der Waals surface area contributed by atoms with Gasteiger partial charge in [-0.15, -0.1) is 35.3 Å². The zero-order valence-electron chi connectivity index (χ0n) is 15.8. The summed E-state index contributed by atoms with van der Waals surface area (Å²) in [6, 6.07) is 0. The summed E-state index contributed by atoms with van der Waals surface area (Å²) in [5.41, 5.74) is 1.24. The Morgan fingerprint density at radius 2 is 2.08 bits per heavy atom. The fourth-order valence-corrected chi connectivity index (χ4v) is 3.52. The maximum absolute atomic E-state index is 5.44. The molecule has 2 N–H and O–H groups in total. The van der Waals surface area contributed by atoms with Gasteiger partial charge in [-0.05, 0) is 20.3 Å². The van der Waals surface area contributed by atoms with Crippen molar-refractivity contribution < 1.29 is 4.74 Å². The molecule has 0 atom stereocenters. The van der Waals surface area contributed by atoms with Gasteiger partial charge in [-0.3, -0.25) is 9.89 Å². The molecule has 0 bridgehead atoms. The molecule has 0 amide bonds. The highest BCUT2D eigenvalue weighted by atomic mass is 127. The number of ether oxygens (including phenoxy) is 1. The number of aryl methyl sites for hydroxylation is 1. The summed E-state index contributed by atoms with van der Waals surface area (Å²) in [6.07, 6.45) is 1.93. The Morgan fingerprint density at radius 3 is 2.68 bits per heavy atom. The number of hydrogen-bond acceptors (Lipinski definition) is 5. The van der Waals surface area contributed by atoms with Crippen LogP contribution in [-0.4, -0.2) is 67.8 Å². The number of nitrogens with zero attached hydrogens (tertiary/aromatic N) is 3. The molecule has 144 valence electrons. The van der Waals surface area contributed by atoms with Crippen molar-refractivity contribution in [2.24, 2.45) is 4.99 Å². The van der Waals surface area contributed by atoms with Crippen molar-refractivity contribution in [1.29, 1.82) is 0 Å². The molecule has 1 fully saturated rings. The van der Waals surface area contributed by atoms with Gasteiger partial charge in [-0.25, -0.2) is 4.98 Å². The summed E-state index contributed by atoms with van der Waals surface area (Å²) in [4.78, 5) is 11.4. The molecule has 1 aromatic rings. The van der Waals surface area contributed by atoms with Crippen molar-refractivity contribution in [2.45, 2.75) is 39.2 Å². The van der Waals surface area contributed by atoms with Gasteiger partial charge in [-0.1, -0.05) is 6.92 Å². The molecule has 0 aliphatic carbocycles. The van der Waals surface area contributed by atoms with Gasteiger partial charge < -0.3 is 15.4 Å². The lowest BCUT2D eigenvalue weighted by Gasteiger charge is -2.41. The number of rotatable bonds is 7. The summed E-state index contributed by atoms with van der Waals surface area (Å²) >= 11 is 1.74. The Balaban J connectivity index is 0.00000312. The van der Waals surface area contributed by atoms with Gasteiger partial charge >= 0.3 is 0 Å². The Kier molecular flexibility index (Phi) is 10.2. The SMILES string of the molecule is CCc1nc(CCNC(=NC)NCC(C)(C)N2CCOCC2)cs1.I. The fraction of sp³-hybridized carbons (Fsp3) is 0.765. The van der Waals surface area contributed by atoms with E-state index in [0.29, 0.717) is 0 Å². The van der Waals surface area contributed by atoms with Gasteiger partial charge in [-0.2, -0.15) is 0 Å². The number of nitrogens with one attached hydrogen (secondary N) is 2. The van der Waals surface area contributed by atoms with E-state index in [9.17, 15) is 0 Å². The van der Waals surface area contributed by atoms with E-state index in [-0.39, 0.29) is 29.5 Å². The molecule has 1 aliphatic rings. The van der Waals surface area contributed by atoms with Crippen LogP contribution in [0.15, 0.2) is 10.4 Å². The van der Waals surface area contributed by atoms with E-state index in [1.165, 1.54) is 5.01 Å². The molecular formula is C17H32IN5OS. The van der Waals surface area contributed by atoms with Crippen LogP contribution in [0.5, 0.6) is 0 Å². The summed E-state index contributed by atoms with van der Waals surface area (Å²) < 4.78 is 5.44. The molecule has 0 aromatic carbocycles. The molecule has 1 saturated heterocycles. The Labute approximate surface area is 172 Å². The fourth-order valence-electron chi connectivity index (χ4n) is 2.74. The van der Waals surface area contributed by atoms with Crippen molar-refractivity contribution >= 4 is 41.3 Å². The number of thiazole rings is 1. The predicted molar refractivity (Wildman–Crippen MR) is 116 cm³/mol. The van der Waals surface area contributed by atoms with Gasteiger partial charge in [0.15, 0.2) is 5.96 Å². The van der Waals surface area contributed by atoms with Crippen molar-refractivity contribution in [1.82, 2.24) is 20.5 Å². The third-order valence-corrected chi connectivity index (χ3v) is 5.40. The third-order valence-electron chi connectivity index (χ3n) is 4.35. The minimum atomic E-state index is 0. The van der Waals surface area contributed by atoms with E-state index in [2.05, 4.69) is 51.7 Å². The second-order valence-electron chi connectivity index (χ2n) is 6.60. The van der Waals surface area contributed by atoms with E-state index >= 15 is 0 Å². The van der Waals surface area contributed by atoms with Crippen LogP contribution in [0.25, 0.3) is 0 Å². The number of aliphatic imine (C=N–C) groups is 1. The highest BCUT2D eigenvalue weighted by Crippen LogP contribution is 2.15. The molecule has 8 heteroatoms. The van der Waals surface area contributed by atoms with Crippen LogP contribution >= 0.6 is 35.3 Å². The first-order valence-corrected chi connectivity index (χ1v) is 9.63. The summed E-state index contributed by atoms with van der Waals surface area (Å²) in [7, 11) is 1.81. The standard InChI is InChI=1S/C17H31N5OS.HI/c1-5-15-21-14(12-24-15)6-7-19-16(18-4)20-13-17(2,3)22-8-10-23-11-9-22;/h12H,5-11,13H2,1-4H3,(H2,18,19,20);1H. The minimum absolute atomic E-state index is 0. The second-order valence-corrected chi connectivity index (χ2v) is 7.54. The zero-order chi connectivity index (χ0) is 17.4. The average Bonchev–Trinajstić information content (AvgIpc) is 3.06. The van der Waals surface area contributed by atoms with Crippen molar-refractivity contribution in [3.8, 4) is 0 Å². The van der Waals surface area contributed by atoms with Crippen LogP contribution in [0.4, 0.5) is 0 Å². The summed E-state index contributed by atoms with van der Waals surface area (Å²) in [5, 5.41) is 10.2. The van der Waals surface area contributed by atoms with Gasteiger partial charge in [0.25, 0.3) is 0 Å². The lowest BCUT2D eigenvalue weighted by atomic mass is 10.0. The smallest absolute Gasteiger partial charge is 0.191 e. The Morgan fingerprint density at radius 1 is 1.36 bits per heavy atom. The highest BCUT2D eigenvalue weighted by molar-refractivity contribution is 14.0. The van der Waals surface area contributed by atoms with Crippen LogP contribution in [-0.2, 0) is 17.6 Å². The first-order valence-electron chi connectivity index (χ1n) is 8.75. The molecule has 2 rings (SSSR count).